The van der Waals surface area contributed by atoms with Crippen LogP contribution in [0.25, 0.3) is 0 Å². The van der Waals surface area contributed by atoms with Gasteiger partial charge in [0.05, 0.1) is 11.7 Å². The highest BCUT2D eigenvalue weighted by Crippen LogP contribution is 2.38. The van der Waals surface area contributed by atoms with E-state index < -0.39 is 0 Å². The number of thiophene rings is 1. The Hall–Kier alpha value is -1.36. The van der Waals surface area contributed by atoms with Crippen molar-refractivity contribution in [2.24, 2.45) is 0 Å². The molecule has 1 aromatic heterocycles. The number of nitrogens with one attached hydrogen (secondary N) is 1. The number of rotatable bonds is 10. The summed E-state index contributed by atoms with van der Waals surface area (Å²) in [6.45, 7) is 5.93. The molecule has 1 amide bonds. The molecule has 5 heteroatoms. The highest BCUT2D eigenvalue weighted by Gasteiger charge is 2.27. The summed E-state index contributed by atoms with van der Waals surface area (Å²) in [6.07, 6.45) is 12.7. The molecule has 0 fully saturated rings. The molecule has 1 N–H and O–H groups in total. The zero-order valence-corrected chi connectivity index (χ0v) is 18.0. The van der Waals surface area contributed by atoms with Crippen LogP contribution in [0.2, 0.25) is 0 Å². The topological polar surface area (TPSA) is 55.4 Å². The Morgan fingerprint density at radius 2 is 1.74 bits per heavy atom. The Balaban J connectivity index is 2.02. The standard InChI is InChI=1S/C22H35NO3S/c1-4-5-6-7-8-12-15-19(24)23-21-20(22(25)26-16(2)3)17-13-10-9-11-14-18(17)27-21/h16H,4-15H2,1-3H3,(H,23,24). The molecule has 1 aliphatic carbocycles. The van der Waals surface area contributed by atoms with Crippen molar-refractivity contribution in [3.05, 3.63) is 16.0 Å². The third-order valence-electron chi connectivity index (χ3n) is 4.98. The lowest BCUT2D eigenvalue weighted by Gasteiger charge is -2.11. The smallest absolute Gasteiger partial charge is 0.341 e. The monoisotopic (exact) mass is 393 g/mol. The van der Waals surface area contributed by atoms with Gasteiger partial charge >= 0.3 is 5.97 Å². The fourth-order valence-corrected chi connectivity index (χ4v) is 4.87. The summed E-state index contributed by atoms with van der Waals surface area (Å²) < 4.78 is 5.48. The van der Waals surface area contributed by atoms with Crippen LogP contribution in [0.15, 0.2) is 0 Å². The van der Waals surface area contributed by atoms with Crippen molar-refractivity contribution in [3.8, 4) is 0 Å². The van der Waals surface area contributed by atoms with Gasteiger partial charge in [0.1, 0.15) is 5.00 Å². The van der Waals surface area contributed by atoms with E-state index in [1.54, 1.807) is 11.3 Å². The number of carbonyl (C=O) groups excluding carboxylic acids is 2. The fourth-order valence-electron chi connectivity index (χ4n) is 3.57. The van der Waals surface area contributed by atoms with Crippen LogP contribution in [0.4, 0.5) is 5.00 Å². The SMILES string of the molecule is CCCCCCCCC(=O)Nc1sc2c(c1C(=O)OC(C)C)CCCCC2. The van der Waals surface area contributed by atoms with Gasteiger partial charge in [0.15, 0.2) is 0 Å². The summed E-state index contributed by atoms with van der Waals surface area (Å²) in [4.78, 5) is 26.4. The first-order chi connectivity index (χ1) is 13.0. The minimum Gasteiger partial charge on any atom is -0.459 e. The lowest BCUT2D eigenvalue weighted by Crippen LogP contribution is -2.17. The van der Waals surface area contributed by atoms with Crippen LogP contribution in [-0.4, -0.2) is 18.0 Å². The number of anilines is 1. The molecule has 0 bridgehead atoms. The number of hydrogen-bond donors (Lipinski definition) is 1. The Kier molecular flexibility index (Phi) is 9.32. The quantitative estimate of drug-likeness (QED) is 0.289. The van der Waals surface area contributed by atoms with Gasteiger partial charge in [-0.3, -0.25) is 4.79 Å². The maximum atomic E-state index is 12.7. The number of fused-ring (bicyclic) bond motifs is 1. The number of aryl methyl sites for hydroxylation is 1. The van der Waals surface area contributed by atoms with Gasteiger partial charge in [-0.15, -0.1) is 11.3 Å². The van der Waals surface area contributed by atoms with Gasteiger partial charge in [0.2, 0.25) is 5.91 Å². The number of carbonyl (C=O) groups is 2. The maximum Gasteiger partial charge on any atom is 0.341 e. The number of esters is 1. The van der Waals surface area contributed by atoms with Gasteiger partial charge in [-0.2, -0.15) is 0 Å². The molecule has 1 aromatic rings. The van der Waals surface area contributed by atoms with Gasteiger partial charge in [-0.25, -0.2) is 4.79 Å². The molecule has 0 aromatic carbocycles. The summed E-state index contributed by atoms with van der Waals surface area (Å²) in [5, 5.41) is 3.72. The first-order valence-electron chi connectivity index (χ1n) is 10.7. The average Bonchev–Trinajstić information content (AvgIpc) is 2.78. The summed E-state index contributed by atoms with van der Waals surface area (Å²) in [6, 6.07) is 0. The predicted molar refractivity (Wildman–Crippen MR) is 113 cm³/mol. The molecular weight excluding hydrogens is 358 g/mol. The lowest BCUT2D eigenvalue weighted by atomic mass is 10.1. The van der Waals surface area contributed by atoms with E-state index in [1.807, 2.05) is 13.8 Å². The molecule has 0 unspecified atom stereocenters. The molecule has 0 spiro atoms. The van der Waals surface area contributed by atoms with Crippen molar-refractivity contribution in [3.63, 3.8) is 0 Å². The Bertz CT molecular complexity index is 621. The van der Waals surface area contributed by atoms with E-state index in [4.69, 9.17) is 4.74 Å². The Morgan fingerprint density at radius 1 is 1.04 bits per heavy atom. The number of hydrogen-bond acceptors (Lipinski definition) is 4. The average molecular weight is 394 g/mol. The van der Waals surface area contributed by atoms with Crippen molar-refractivity contribution < 1.29 is 14.3 Å². The molecule has 0 saturated heterocycles. The zero-order chi connectivity index (χ0) is 19.6. The lowest BCUT2D eigenvalue weighted by molar-refractivity contribution is -0.116. The van der Waals surface area contributed by atoms with Crippen molar-refractivity contribution in [2.75, 3.05) is 5.32 Å². The van der Waals surface area contributed by atoms with Crippen LogP contribution in [0.5, 0.6) is 0 Å². The van der Waals surface area contributed by atoms with Crippen LogP contribution in [0, 0.1) is 0 Å². The summed E-state index contributed by atoms with van der Waals surface area (Å²) >= 11 is 1.58. The van der Waals surface area contributed by atoms with E-state index in [0.717, 1.165) is 44.1 Å². The molecule has 27 heavy (non-hydrogen) atoms. The van der Waals surface area contributed by atoms with Crippen molar-refractivity contribution in [1.82, 2.24) is 0 Å². The summed E-state index contributed by atoms with van der Waals surface area (Å²) in [5.74, 6) is -0.278. The first-order valence-corrected chi connectivity index (χ1v) is 11.5. The van der Waals surface area contributed by atoms with Gasteiger partial charge < -0.3 is 10.1 Å². The molecule has 1 aliphatic rings. The highest BCUT2D eigenvalue weighted by atomic mass is 32.1. The van der Waals surface area contributed by atoms with E-state index in [9.17, 15) is 9.59 Å². The molecule has 4 nitrogen and oxygen atoms in total. The number of unbranched alkanes of at least 4 members (excludes halogenated alkanes) is 5. The molecule has 0 radical (unpaired) electrons. The molecule has 1 heterocycles. The maximum absolute atomic E-state index is 12.7. The first kappa shape index (κ1) is 21.9. The fraction of sp³-hybridized carbons (Fsp3) is 0.727. The number of ether oxygens (including phenoxy) is 1. The van der Waals surface area contributed by atoms with Gasteiger partial charge in [0.25, 0.3) is 0 Å². The molecule has 2 rings (SSSR count). The Morgan fingerprint density at radius 3 is 2.48 bits per heavy atom. The second-order valence-electron chi connectivity index (χ2n) is 7.79. The molecular formula is C22H35NO3S. The summed E-state index contributed by atoms with van der Waals surface area (Å²) in [7, 11) is 0. The third-order valence-corrected chi connectivity index (χ3v) is 6.19. The zero-order valence-electron chi connectivity index (χ0n) is 17.2. The van der Waals surface area contributed by atoms with E-state index in [-0.39, 0.29) is 18.0 Å². The van der Waals surface area contributed by atoms with Crippen LogP contribution in [-0.2, 0) is 22.4 Å². The minimum atomic E-state index is -0.292. The normalized spacial score (nSPS) is 13.9. The highest BCUT2D eigenvalue weighted by molar-refractivity contribution is 7.17. The van der Waals surface area contributed by atoms with Gasteiger partial charge in [-0.1, -0.05) is 45.4 Å². The molecule has 152 valence electrons. The van der Waals surface area contributed by atoms with Crippen LogP contribution < -0.4 is 5.32 Å². The molecule has 0 aliphatic heterocycles. The minimum absolute atomic E-state index is 0.0143. The third kappa shape index (κ3) is 6.95. The van der Waals surface area contributed by atoms with Crippen LogP contribution in [0.1, 0.15) is 106 Å². The predicted octanol–water partition coefficient (Wildman–Crippen LogP) is 6.27. The largest absolute Gasteiger partial charge is 0.459 e. The summed E-state index contributed by atoms with van der Waals surface area (Å²) in [5.41, 5.74) is 1.72. The van der Waals surface area contributed by atoms with E-state index in [0.29, 0.717) is 17.0 Å². The van der Waals surface area contributed by atoms with E-state index >= 15 is 0 Å². The van der Waals surface area contributed by atoms with Gasteiger partial charge in [0, 0.05) is 11.3 Å². The van der Waals surface area contributed by atoms with Crippen molar-refractivity contribution in [2.45, 2.75) is 104 Å². The van der Waals surface area contributed by atoms with Crippen molar-refractivity contribution >= 4 is 28.2 Å². The Labute approximate surface area is 168 Å². The van der Waals surface area contributed by atoms with E-state index in [2.05, 4.69) is 12.2 Å². The van der Waals surface area contributed by atoms with Crippen LogP contribution >= 0.6 is 11.3 Å². The van der Waals surface area contributed by atoms with Gasteiger partial charge in [-0.05, 0) is 51.5 Å². The second-order valence-corrected chi connectivity index (χ2v) is 8.89. The van der Waals surface area contributed by atoms with Crippen LogP contribution in [0.3, 0.4) is 0 Å². The number of amides is 1. The molecule has 0 saturated carbocycles. The molecule has 0 atom stereocenters. The van der Waals surface area contributed by atoms with Crippen molar-refractivity contribution in [1.29, 1.82) is 0 Å². The second kappa shape index (κ2) is 11.5. The van der Waals surface area contributed by atoms with E-state index in [1.165, 1.54) is 37.0 Å².